The fourth-order valence-corrected chi connectivity index (χ4v) is 6.79. The summed E-state index contributed by atoms with van der Waals surface area (Å²) >= 11 is 1.58. The molecule has 1 atom stereocenters. The van der Waals surface area contributed by atoms with E-state index in [1.165, 1.54) is 34.7 Å². The van der Waals surface area contributed by atoms with Gasteiger partial charge < -0.3 is 4.90 Å². The Balaban J connectivity index is 1.25. The quantitative estimate of drug-likeness (QED) is 0.0955. The maximum absolute atomic E-state index is 13.8. The largest absolute Gasteiger partial charge is 0.326 e. The molecule has 0 saturated carbocycles. The number of aromatic nitrogens is 1. The molecule has 3 amide bonds. The minimum absolute atomic E-state index is 0.127. The molecule has 10 heteroatoms. The van der Waals surface area contributed by atoms with Gasteiger partial charge in [0.1, 0.15) is 11.0 Å². The Morgan fingerprint density at radius 1 is 1.07 bits per heavy atom. The van der Waals surface area contributed by atoms with Gasteiger partial charge in [-0.05, 0) is 93.1 Å². The second kappa shape index (κ2) is 11.9. The number of nitro benzene ring substituents is 1. The zero-order valence-corrected chi connectivity index (χ0v) is 24.5. The summed E-state index contributed by atoms with van der Waals surface area (Å²) in [6.07, 6.45) is 6.83. The van der Waals surface area contributed by atoms with Crippen LogP contribution >= 0.6 is 11.3 Å². The number of hydrogen-bond acceptors (Lipinski definition) is 7. The number of non-ortho nitro benzene ring substituents is 1. The van der Waals surface area contributed by atoms with Crippen molar-refractivity contribution < 1.29 is 19.3 Å². The maximum Gasteiger partial charge on any atom is 0.269 e. The summed E-state index contributed by atoms with van der Waals surface area (Å²) in [6, 6.07) is 17.7. The molecule has 2 aliphatic rings. The molecule has 1 aliphatic carbocycles. The molecule has 2 heterocycles. The molecule has 0 bridgehead atoms. The van der Waals surface area contributed by atoms with E-state index >= 15 is 0 Å². The molecular formula is C33H30N4O5S. The Kier molecular flexibility index (Phi) is 7.86. The molecule has 4 aromatic rings. The average molecular weight is 595 g/mol. The lowest BCUT2D eigenvalue weighted by Gasteiger charge is -2.28. The van der Waals surface area contributed by atoms with Crippen molar-refractivity contribution in [1.29, 1.82) is 0 Å². The number of allylic oxidation sites excluding steroid dienone is 1. The Bertz CT molecular complexity index is 1760. The van der Waals surface area contributed by atoms with Crippen LogP contribution in [0.1, 0.15) is 54.4 Å². The standard InChI is InChI=1S/C33H30N4O5S/c1-21-7-16-27-29(19-21)43-31(34-27)23-8-12-25(13-9-23)36-30(38)20-28(33(36)40)35(18-17-22-5-3-2-4-6-22)32(39)24-10-14-26(15-11-24)37(41)42/h5,7-16,19,28H,2-4,6,17-18,20H2,1H3. The predicted molar refractivity (Wildman–Crippen MR) is 166 cm³/mol. The summed E-state index contributed by atoms with van der Waals surface area (Å²) in [4.78, 5) is 58.7. The number of thiazole rings is 1. The third kappa shape index (κ3) is 5.83. The van der Waals surface area contributed by atoms with Crippen LogP contribution in [0.4, 0.5) is 11.4 Å². The number of rotatable bonds is 8. The second-order valence-corrected chi connectivity index (χ2v) is 12.0. The van der Waals surface area contributed by atoms with Gasteiger partial charge in [0, 0.05) is 29.8 Å². The fraction of sp³-hybridized carbons (Fsp3) is 0.273. The van der Waals surface area contributed by atoms with Crippen molar-refractivity contribution in [2.45, 2.75) is 51.5 Å². The molecule has 1 aliphatic heterocycles. The Labute approximate surface area is 252 Å². The molecule has 1 aromatic heterocycles. The summed E-state index contributed by atoms with van der Waals surface area (Å²) in [7, 11) is 0. The lowest BCUT2D eigenvalue weighted by atomic mass is 9.96. The molecule has 1 unspecified atom stereocenters. The highest BCUT2D eigenvalue weighted by molar-refractivity contribution is 7.21. The van der Waals surface area contributed by atoms with Crippen LogP contribution in [0.5, 0.6) is 0 Å². The summed E-state index contributed by atoms with van der Waals surface area (Å²) in [5.74, 6) is -1.27. The summed E-state index contributed by atoms with van der Waals surface area (Å²) < 4.78 is 1.09. The topological polar surface area (TPSA) is 114 Å². The zero-order chi connectivity index (χ0) is 30.1. The van der Waals surface area contributed by atoms with Gasteiger partial charge in [0.05, 0.1) is 27.2 Å². The zero-order valence-electron chi connectivity index (χ0n) is 23.7. The highest BCUT2D eigenvalue weighted by atomic mass is 32.1. The average Bonchev–Trinajstić information content (AvgIpc) is 3.57. The van der Waals surface area contributed by atoms with E-state index < -0.39 is 22.8 Å². The highest BCUT2D eigenvalue weighted by Gasteiger charge is 2.44. The second-order valence-electron chi connectivity index (χ2n) is 11.0. The minimum Gasteiger partial charge on any atom is -0.326 e. The number of benzene rings is 3. The van der Waals surface area contributed by atoms with E-state index in [0.29, 0.717) is 12.1 Å². The molecular weight excluding hydrogens is 564 g/mol. The molecule has 1 fully saturated rings. The lowest BCUT2D eigenvalue weighted by molar-refractivity contribution is -0.384. The first-order valence-electron chi connectivity index (χ1n) is 14.4. The van der Waals surface area contributed by atoms with E-state index in [0.717, 1.165) is 56.9 Å². The number of imide groups is 1. The summed E-state index contributed by atoms with van der Waals surface area (Å²) in [5.41, 5.74) is 4.75. The fourth-order valence-electron chi connectivity index (χ4n) is 5.73. The minimum atomic E-state index is -0.966. The normalized spacial score (nSPS) is 16.9. The van der Waals surface area contributed by atoms with Gasteiger partial charge in [-0.2, -0.15) is 0 Å². The van der Waals surface area contributed by atoms with Gasteiger partial charge in [0.15, 0.2) is 0 Å². The first-order valence-corrected chi connectivity index (χ1v) is 15.2. The molecule has 218 valence electrons. The molecule has 43 heavy (non-hydrogen) atoms. The Hall–Kier alpha value is -4.70. The van der Waals surface area contributed by atoms with Crippen molar-refractivity contribution in [3.05, 3.63) is 99.6 Å². The number of carbonyl (C=O) groups is 3. The van der Waals surface area contributed by atoms with Crippen molar-refractivity contribution in [2.75, 3.05) is 11.4 Å². The van der Waals surface area contributed by atoms with Gasteiger partial charge in [0.25, 0.3) is 17.5 Å². The number of anilines is 1. The van der Waals surface area contributed by atoms with Crippen molar-refractivity contribution in [3.63, 3.8) is 0 Å². The molecule has 0 radical (unpaired) electrons. The smallest absolute Gasteiger partial charge is 0.269 e. The maximum atomic E-state index is 13.8. The van der Waals surface area contributed by atoms with Crippen LogP contribution in [-0.2, 0) is 9.59 Å². The van der Waals surface area contributed by atoms with Gasteiger partial charge in [-0.25, -0.2) is 9.88 Å². The van der Waals surface area contributed by atoms with Crippen LogP contribution < -0.4 is 4.90 Å². The van der Waals surface area contributed by atoms with Gasteiger partial charge in [-0.15, -0.1) is 11.3 Å². The third-order valence-corrected chi connectivity index (χ3v) is 9.13. The molecule has 1 saturated heterocycles. The first-order chi connectivity index (χ1) is 20.8. The number of carbonyl (C=O) groups excluding carboxylic acids is 3. The van der Waals surface area contributed by atoms with Crippen LogP contribution in [0, 0.1) is 17.0 Å². The molecule has 9 nitrogen and oxygen atoms in total. The van der Waals surface area contributed by atoms with Gasteiger partial charge in [-0.1, -0.05) is 17.7 Å². The number of amides is 3. The SMILES string of the molecule is Cc1ccc2nc(-c3ccc(N4C(=O)CC(N(CCC5=CCCCC5)C(=O)c5ccc([N+](=O)[O-])cc5)C4=O)cc3)sc2c1. The number of aryl methyl sites for hydroxylation is 1. The molecule has 0 spiro atoms. The summed E-state index contributed by atoms with van der Waals surface area (Å²) in [6.45, 7) is 2.31. The molecule has 3 aromatic carbocycles. The number of nitrogens with zero attached hydrogens (tertiary/aromatic N) is 4. The van der Waals surface area contributed by atoms with Crippen molar-refractivity contribution >= 4 is 50.6 Å². The van der Waals surface area contributed by atoms with E-state index in [2.05, 4.69) is 12.1 Å². The highest BCUT2D eigenvalue weighted by Crippen LogP contribution is 2.34. The monoisotopic (exact) mass is 594 g/mol. The van der Waals surface area contributed by atoms with E-state index in [1.54, 1.807) is 23.5 Å². The van der Waals surface area contributed by atoms with E-state index in [4.69, 9.17) is 4.98 Å². The van der Waals surface area contributed by atoms with Crippen LogP contribution in [0.25, 0.3) is 20.8 Å². The first kappa shape index (κ1) is 28.4. The third-order valence-electron chi connectivity index (χ3n) is 8.06. The van der Waals surface area contributed by atoms with E-state index in [-0.39, 0.29) is 30.1 Å². The van der Waals surface area contributed by atoms with E-state index in [9.17, 15) is 24.5 Å². The van der Waals surface area contributed by atoms with Crippen LogP contribution in [0.2, 0.25) is 0 Å². The number of hydrogen-bond donors (Lipinski definition) is 0. The van der Waals surface area contributed by atoms with Gasteiger partial charge in [-0.3, -0.25) is 24.5 Å². The number of fused-ring (bicyclic) bond motifs is 1. The van der Waals surface area contributed by atoms with Crippen LogP contribution in [0.15, 0.2) is 78.4 Å². The lowest BCUT2D eigenvalue weighted by Crippen LogP contribution is -2.46. The van der Waals surface area contributed by atoms with Crippen LogP contribution in [-0.4, -0.2) is 45.1 Å². The number of nitro groups is 1. The van der Waals surface area contributed by atoms with Crippen molar-refractivity contribution in [2.24, 2.45) is 0 Å². The van der Waals surface area contributed by atoms with Crippen molar-refractivity contribution in [1.82, 2.24) is 9.88 Å². The Morgan fingerprint density at radius 2 is 1.84 bits per heavy atom. The molecule has 0 N–H and O–H groups in total. The Morgan fingerprint density at radius 3 is 2.53 bits per heavy atom. The molecule has 6 rings (SSSR count). The van der Waals surface area contributed by atoms with Crippen molar-refractivity contribution in [3.8, 4) is 10.6 Å². The predicted octanol–water partition coefficient (Wildman–Crippen LogP) is 6.84. The van der Waals surface area contributed by atoms with Gasteiger partial charge >= 0.3 is 0 Å². The van der Waals surface area contributed by atoms with E-state index in [1.807, 2.05) is 31.2 Å². The summed E-state index contributed by atoms with van der Waals surface area (Å²) in [5, 5.41) is 12.0. The van der Waals surface area contributed by atoms with Gasteiger partial charge in [0.2, 0.25) is 5.91 Å². The van der Waals surface area contributed by atoms with Crippen LogP contribution in [0.3, 0.4) is 0 Å².